The molecule has 2 aromatic carbocycles. The third-order valence-electron chi connectivity index (χ3n) is 3.20. The molecule has 0 amide bonds. The standard InChI is InChI=1S/C15H11Br2ClN2O/c1-21-14-7-10(3-4-11(14)17)20-13-5-2-9(16)6-12(13)19-15(20)8-18/h2-7H,8H2,1H3. The summed E-state index contributed by atoms with van der Waals surface area (Å²) in [5.41, 5.74) is 2.88. The van der Waals surface area contributed by atoms with E-state index in [-0.39, 0.29) is 0 Å². The summed E-state index contributed by atoms with van der Waals surface area (Å²) in [6.45, 7) is 0. The molecule has 3 rings (SSSR count). The number of imidazole rings is 1. The molecule has 0 aliphatic rings. The molecule has 0 aliphatic heterocycles. The molecule has 3 nitrogen and oxygen atoms in total. The van der Waals surface area contributed by atoms with Gasteiger partial charge in [-0.1, -0.05) is 15.9 Å². The number of aromatic nitrogens is 2. The normalized spacial score (nSPS) is 11.0. The average Bonchev–Trinajstić information content (AvgIpc) is 2.85. The van der Waals surface area contributed by atoms with Crippen LogP contribution in [0.25, 0.3) is 16.7 Å². The van der Waals surface area contributed by atoms with Crippen LogP contribution in [0.5, 0.6) is 5.75 Å². The first-order valence-electron chi connectivity index (χ1n) is 6.21. The molecule has 0 fully saturated rings. The lowest BCUT2D eigenvalue weighted by Gasteiger charge is -2.10. The van der Waals surface area contributed by atoms with E-state index < -0.39 is 0 Å². The van der Waals surface area contributed by atoms with E-state index in [9.17, 15) is 0 Å². The molecular formula is C15H11Br2ClN2O. The molecule has 0 saturated heterocycles. The highest BCUT2D eigenvalue weighted by Gasteiger charge is 2.13. The highest BCUT2D eigenvalue weighted by molar-refractivity contribution is 9.10. The lowest BCUT2D eigenvalue weighted by Crippen LogP contribution is -2.00. The Morgan fingerprint density at radius 1 is 1.19 bits per heavy atom. The molecule has 0 aliphatic carbocycles. The number of hydrogen-bond donors (Lipinski definition) is 0. The Kier molecular flexibility index (Phi) is 4.24. The summed E-state index contributed by atoms with van der Waals surface area (Å²) >= 11 is 13.0. The Morgan fingerprint density at radius 2 is 2.00 bits per heavy atom. The number of alkyl halides is 1. The average molecular weight is 431 g/mol. The van der Waals surface area contributed by atoms with Gasteiger partial charge in [0.2, 0.25) is 0 Å². The van der Waals surface area contributed by atoms with Gasteiger partial charge in [-0.15, -0.1) is 11.6 Å². The van der Waals surface area contributed by atoms with Crippen molar-refractivity contribution in [1.29, 1.82) is 0 Å². The quantitative estimate of drug-likeness (QED) is 0.528. The second kappa shape index (κ2) is 5.99. The van der Waals surface area contributed by atoms with Crippen LogP contribution in [-0.4, -0.2) is 16.7 Å². The highest BCUT2D eigenvalue weighted by atomic mass is 79.9. The molecule has 1 aromatic heterocycles. The molecule has 21 heavy (non-hydrogen) atoms. The summed E-state index contributed by atoms with van der Waals surface area (Å²) in [6.07, 6.45) is 0. The van der Waals surface area contributed by atoms with Crippen molar-refractivity contribution in [3.8, 4) is 11.4 Å². The number of ether oxygens (including phenoxy) is 1. The highest BCUT2D eigenvalue weighted by Crippen LogP contribution is 2.31. The molecular weight excluding hydrogens is 419 g/mol. The van der Waals surface area contributed by atoms with Crippen LogP contribution in [0.4, 0.5) is 0 Å². The first-order chi connectivity index (χ1) is 10.1. The summed E-state index contributed by atoms with van der Waals surface area (Å²) in [4.78, 5) is 4.59. The first kappa shape index (κ1) is 14.9. The van der Waals surface area contributed by atoms with E-state index in [1.165, 1.54) is 0 Å². The lowest BCUT2D eigenvalue weighted by atomic mass is 10.2. The molecule has 0 atom stereocenters. The van der Waals surface area contributed by atoms with Crippen LogP contribution in [0.1, 0.15) is 5.82 Å². The fraction of sp³-hybridized carbons (Fsp3) is 0.133. The largest absolute Gasteiger partial charge is 0.495 e. The van der Waals surface area contributed by atoms with Gasteiger partial charge in [-0.3, -0.25) is 4.57 Å². The molecule has 0 radical (unpaired) electrons. The third-order valence-corrected chi connectivity index (χ3v) is 4.59. The minimum absolute atomic E-state index is 0.338. The van der Waals surface area contributed by atoms with Crippen molar-refractivity contribution >= 4 is 54.5 Å². The Morgan fingerprint density at radius 3 is 2.71 bits per heavy atom. The van der Waals surface area contributed by atoms with Crippen molar-refractivity contribution in [2.45, 2.75) is 5.88 Å². The zero-order valence-electron chi connectivity index (χ0n) is 11.1. The second-order valence-electron chi connectivity index (χ2n) is 4.45. The minimum atomic E-state index is 0.338. The van der Waals surface area contributed by atoms with Crippen LogP contribution >= 0.6 is 43.5 Å². The van der Waals surface area contributed by atoms with Gasteiger partial charge in [-0.05, 0) is 46.3 Å². The van der Waals surface area contributed by atoms with E-state index in [4.69, 9.17) is 16.3 Å². The van der Waals surface area contributed by atoms with Crippen molar-refractivity contribution in [2.24, 2.45) is 0 Å². The van der Waals surface area contributed by atoms with Crippen LogP contribution in [0.2, 0.25) is 0 Å². The van der Waals surface area contributed by atoms with E-state index in [0.29, 0.717) is 5.88 Å². The molecule has 1 heterocycles. The van der Waals surface area contributed by atoms with Gasteiger partial charge in [0.25, 0.3) is 0 Å². The van der Waals surface area contributed by atoms with Crippen molar-refractivity contribution in [3.63, 3.8) is 0 Å². The van der Waals surface area contributed by atoms with Crippen LogP contribution in [-0.2, 0) is 5.88 Å². The fourth-order valence-electron chi connectivity index (χ4n) is 2.27. The Bertz CT molecular complexity index is 817. The van der Waals surface area contributed by atoms with Gasteiger partial charge in [0.1, 0.15) is 11.6 Å². The number of hydrogen-bond acceptors (Lipinski definition) is 2. The predicted octanol–water partition coefficient (Wildman–Crippen LogP) is 5.30. The molecule has 6 heteroatoms. The van der Waals surface area contributed by atoms with Crippen molar-refractivity contribution < 1.29 is 4.74 Å². The van der Waals surface area contributed by atoms with Crippen LogP contribution in [0, 0.1) is 0 Å². The molecule has 0 unspecified atom stereocenters. The number of benzene rings is 2. The van der Waals surface area contributed by atoms with E-state index >= 15 is 0 Å². The number of halogens is 3. The maximum atomic E-state index is 6.06. The Hall–Kier alpha value is -1.04. The van der Waals surface area contributed by atoms with E-state index in [1.807, 2.05) is 41.0 Å². The number of nitrogens with zero attached hydrogens (tertiary/aromatic N) is 2. The summed E-state index contributed by atoms with van der Waals surface area (Å²) in [7, 11) is 1.65. The van der Waals surface area contributed by atoms with Gasteiger partial charge in [-0.2, -0.15) is 0 Å². The Balaban J connectivity index is 2.28. The maximum absolute atomic E-state index is 6.06. The number of rotatable bonds is 3. The van der Waals surface area contributed by atoms with Crippen molar-refractivity contribution in [2.75, 3.05) is 7.11 Å². The summed E-state index contributed by atoms with van der Waals surface area (Å²) in [6, 6.07) is 11.9. The minimum Gasteiger partial charge on any atom is -0.495 e. The van der Waals surface area contributed by atoms with E-state index in [2.05, 4.69) is 36.8 Å². The van der Waals surface area contributed by atoms with E-state index in [1.54, 1.807) is 7.11 Å². The van der Waals surface area contributed by atoms with Gasteiger partial charge < -0.3 is 4.74 Å². The molecule has 0 spiro atoms. The zero-order valence-corrected chi connectivity index (χ0v) is 15.0. The third kappa shape index (κ3) is 2.70. The van der Waals surface area contributed by atoms with Gasteiger partial charge >= 0.3 is 0 Å². The molecule has 0 N–H and O–H groups in total. The molecule has 3 aromatic rings. The van der Waals surface area contributed by atoms with Crippen molar-refractivity contribution in [1.82, 2.24) is 9.55 Å². The fourth-order valence-corrected chi connectivity index (χ4v) is 3.21. The first-order valence-corrected chi connectivity index (χ1v) is 8.33. The van der Waals surface area contributed by atoms with Gasteiger partial charge in [0.05, 0.1) is 34.2 Å². The summed E-state index contributed by atoms with van der Waals surface area (Å²) < 4.78 is 9.32. The van der Waals surface area contributed by atoms with Crippen LogP contribution in [0.15, 0.2) is 45.3 Å². The second-order valence-corrected chi connectivity index (χ2v) is 6.49. The predicted molar refractivity (Wildman–Crippen MR) is 92.6 cm³/mol. The SMILES string of the molecule is COc1cc(-n2c(CCl)nc3cc(Br)ccc32)ccc1Br. The smallest absolute Gasteiger partial charge is 0.135 e. The van der Waals surface area contributed by atoms with Gasteiger partial charge in [0.15, 0.2) is 0 Å². The van der Waals surface area contributed by atoms with Gasteiger partial charge in [0, 0.05) is 10.5 Å². The molecule has 0 saturated carbocycles. The number of fused-ring (bicyclic) bond motifs is 1. The topological polar surface area (TPSA) is 27.1 Å². The Labute approximate surface area is 144 Å². The molecule has 0 bridgehead atoms. The summed E-state index contributed by atoms with van der Waals surface area (Å²) in [5, 5.41) is 0. The summed E-state index contributed by atoms with van der Waals surface area (Å²) in [5.74, 6) is 1.91. The zero-order chi connectivity index (χ0) is 15.0. The van der Waals surface area contributed by atoms with Crippen molar-refractivity contribution in [3.05, 3.63) is 51.2 Å². The number of methoxy groups -OCH3 is 1. The molecule has 108 valence electrons. The lowest BCUT2D eigenvalue weighted by molar-refractivity contribution is 0.412. The monoisotopic (exact) mass is 428 g/mol. The van der Waals surface area contributed by atoms with Crippen LogP contribution in [0.3, 0.4) is 0 Å². The van der Waals surface area contributed by atoms with Crippen LogP contribution < -0.4 is 4.74 Å². The van der Waals surface area contributed by atoms with Gasteiger partial charge in [-0.25, -0.2) is 4.98 Å². The van der Waals surface area contributed by atoms with E-state index in [0.717, 1.165) is 37.2 Å². The maximum Gasteiger partial charge on any atom is 0.135 e.